The Morgan fingerprint density at radius 2 is 1.95 bits per heavy atom. The van der Waals surface area contributed by atoms with E-state index in [4.69, 9.17) is 9.52 Å². The van der Waals surface area contributed by atoms with Gasteiger partial charge in [-0.1, -0.05) is 27.2 Å². The summed E-state index contributed by atoms with van der Waals surface area (Å²) in [6.07, 6.45) is 1.08. The van der Waals surface area contributed by atoms with E-state index in [9.17, 15) is 9.59 Å². The van der Waals surface area contributed by atoms with E-state index in [0.717, 1.165) is 13.1 Å². The molecule has 1 amide bonds. The van der Waals surface area contributed by atoms with Gasteiger partial charge in [0.25, 0.3) is 5.91 Å². The largest absolute Gasteiger partial charge is 0.480 e. The van der Waals surface area contributed by atoms with Gasteiger partial charge in [-0.3, -0.25) is 9.69 Å². The summed E-state index contributed by atoms with van der Waals surface area (Å²) in [6.45, 7) is 8.42. The average molecular weight is 296 g/mol. The molecule has 0 spiro atoms. The topological polar surface area (TPSA) is 82.8 Å². The summed E-state index contributed by atoms with van der Waals surface area (Å²) in [7, 11) is 0. The highest BCUT2D eigenvalue weighted by atomic mass is 16.4. The molecule has 0 aliphatic heterocycles. The number of carboxylic acid groups (broad SMARTS) is 1. The fourth-order valence-electron chi connectivity index (χ4n) is 2.03. The van der Waals surface area contributed by atoms with E-state index in [2.05, 4.69) is 24.1 Å². The number of amides is 1. The van der Waals surface area contributed by atoms with Crippen molar-refractivity contribution in [1.29, 1.82) is 0 Å². The lowest BCUT2D eigenvalue weighted by molar-refractivity contribution is -0.139. The van der Waals surface area contributed by atoms with Crippen LogP contribution in [-0.2, 0) is 11.3 Å². The van der Waals surface area contributed by atoms with Gasteiger partial charge in [-0.05, 0) is 31.6 Å². The second-order valence-electron chi connectivity index (χ2n) is 4.88. The molecule has 0 saturated carbocycles. The Hall–Kier alpha value is -1.82. The maximum atomic E-state index is 12.0. The monoisotopic (exact) mass is 296 g/mol. The molecule has 2 N–H and O–H groups in total. The van der Waals surface area contributed by atoms with Crippen LogP contribution in [0.25, 0.3) is 0 Å². The summed E-state index contributed by atoms with van der Waals surface area (Å²) in [5, 5.41) is 11.5. The van der Waals surface area contributed by atoms with Gasteiger partial charge in [0.05, 0.1) is 6.54 Å². The molecule has 1 atom stereocenters. The summed E-state index contributed by atoms with van der Waals surface area (Å²) in [5.74, 6) is -0.660. The maximum Gasteiger partial charge on any atom is 0.326 e. The van der Waals surface area contributed by atoms with E-state index in [1.807, 2.05) is 6.92 Å². The highest BCUT2D eigenvalue weighted by Gasteiger charge is 2.21. The minimum absolute atomic E-state index is 0.152. The molecule has 1 aromatic heterocycles. The zero-order valence-electron chi connectivity index (χ0n) is 12.9. The third kappa shape index (κ3) is 5.23. The van der Waals surface area contributed by atoms with Crippen LogP contribution in [0.5, 0.6) is 0 Å². The number of carbonyl (C=O) groups is 2. The van der Waals surface area contributed by atoms with Gasteiger partial charge in [0, 0.05) is 0 Å². The normalized spacial score (nSPS) is 12.4. The first-order valence-corrected chi connectivity index (χ1v) is 7.36. The smallest absolute Gasteiger partial charge is 0.326 e. The van der Waals surface area contributed by atoms with Crippen molar-refractivity contribution in [2.24, 2.45) is 0 Å². The molecule has 0 aliphatic rings. The fraction of sp³-hybridized carbons (Fsp3) is 0.600. The minimum Gasteiger partial charge on any atom is -0.480 e. The molecule has 1 rings (SSSR count). The van der Waals surface area contributed by atoms with Gasteiger partial charge >= 0.3 is 5.97 Å². The van der Waals surface area contributed by atoms with Crippen molar-refractivity contribution in [2.45, 2.75) is 46.2 Å². The van der Waals surface area contributed by atoms with Crippen molar-refractivity contribution in [3.63, 3.8) is 0 Å². The van der Waals surface area contributed by atoms with Crippen LogP contribution >= 0.6 is 0 Å². The lowest BCUT2D eigenvalue weighted by atomic mass is 10.1. The SMILES string of the molecule is CCC[C@H](NC(=O)c1ccc(CN(CC)CC)o1)C(=O)O. The number of carboxylic acids is 1. The molecule has 0 aromatic carbocycles. The average Bonchev–Trinajstić information content (AvgIpc) is 2.92. The molecule has 21 heavy (non-hydrogen) atoms. The Kier molecular flexibility index (Phi) is 6.94. The van der Waals surface area contributed by atoms with Gasteiger partial charge in [0.1, 0.15) is 11.8 Å². The number of rotatable bonds is 9. The summed E-state index contributed by atoms with van der Waals surface area (Å²) < 4.78 is 5.49. The Bertz CT molecular complexity index is 466. The molecule has 118 valence electrons. The van der Waals surface area contributed by atoms with Gasteiger partial charge in [-0.2, -0.15) is 0 Å². The van der Waals surface area contributed by atoms with Crippen LogP contribution in [0, 0.1) is 0 Å². The summed E-state index contributed by atoms with van der Waals surface area (Å²) in [4.78, 5) is 25.2. The molecule has 6 nitrogen and oxygen atoms in total. The first kappa shape index (κ1) is 17.2. The van der Waals surface area contributed by atoms with Crippen LogP contribution in [0.15, 0.2) is 16.5 Å². The molecule has 0 bridgehead atoms. The number of nitrogens with one attached hydrogen (secondary N) is 1. The third-order valence-corrected chi connectivity index (χ3v) is 3.34. The summed E-state index contributed by atoms with van der Waals surface area (Å²) in [5.41, 5.74) is 0. The van der Waals surface area contributed by atoms with Crippen LogP contribution in [-0.4, -0.2) is 41.0 Å². The van der Waals surface area contributed by atoms with Crippen LogP contribution in [0.3, 0.4) is 0 Å². The van der Waals surface area contributed by atoms with Crippen LogP contribution < -0.4 is 5.32 Å². The van der Waals surface area contributed by atoms with E-state index in [1.165, 1.54) is 0 Å². The Morgan fingerprint density at radius 1 is 1.29 bits per heavy atom. The van der Waals surface area contributed by atoms with E-state index >= 15 is 0 Å². The van der Waals surface area contributed by atoms with Crippen LogP contribution in [0.4, 0.5) is 0 Å². The van der Waals surface area contributed by atoms with Gasteiger partial charge in [0.15, 0.2) is 5.76 Å². The molecular formula is C15H24N2O4. The molecule has 1 heterocycles. The van der Waals surface area contributed by atoms with Crippen molar-refractivity contribution in [2.75, 3.05) is 13.1 Å². The van der Waals surface area contributed by atoms with Gasteiger partial charge in [0.2, 0.25) is 0 Å². The van der Waals surface area contributed by atoms with E-state index in [-0.39, 0.29) is 5.76 Å². The fourth-order valence-corrected chi connectivity index (χ4v) is 2.03. The molecule has 0 radical (unpaired) electrons. The minimum atomic E-state index is -1.03. The predicted octanol–water partition coefficient (Wildman–Crippen LogP) is 2.10. The van der Waals surface area contributed by atoms with Gasteiger partial charge in [-0.15, -0.1) is 0 Å². The van der Waals surface area contributed by atoms with E-state index in [0.29, 0.717) is 25.1 Å². The summed E-state index contributed by atoms with van der Waals surface area (Å²) in [6, 6.07) is 2.46. The highest BCUT2D eigenvalue weighted by Crippen LogP contribution is 2.11. The van der Waals surface area contributed by atoms with E-state index < -0.39 is 17.9 Å². The standard InChI is InChI=1S/C15H24N2O4/c1-4-7-12(15(19)20)16-14(18)13-9-8-11(21-13)10-17(5-2)6-3/h8-9,12H,4-7,10H2,1-3H3,(H,16,18)(H,19,20)/t12-/m0/s1. The van der Waals surface area contributed by atoms with Gasteiger partial charge < -0.3 is 14.8 Å². The van der Waals surface area contributed by atoms with Crippen molar-refractivity contribution in [1.82, 2.24) is 10.2 Å². The number of hydrogen-bond donors (Lipinski definition) is 2. The summed E-state index contributed by atoms with van der Waals surface area (Å²) >= 11 is 0. The zero-order chi connectivity index (χ0) is 15.8. The second kappa shape index (κ2) is 8.46. The number of furan rings is 1. The predicted molar refractivity (Wildman–Crippen MR) is 79.1 cm³/mol. The Balaban J connectivity index is 2.66. The van der Waals surface area contributed by atoms with Gasteiger partial charge in [-0.25, -0.2) is 4.79 Å². The highest BCUT2D eigenvalue weighted by molar-refractivity contribution is 5.94. The van der Waals surface area contributed by atoms with Crippen LogP contribution in [0.1, 0.15) is 49.9 Å². The third-order valence-electron chi connectivity index (χ3n) is 3.34. The second-order valence-corrected chi connectivity index (χ2v) is 4.88. The number of aliphatic carboxylic acids is 1. The maximum absolute atomic E-state index is 12.0. The van der Waals surface area contributed by atoms with Crippen LogP contribution in [0.2, 0.25) is 0 Å². The lowest BCUT2D eigenvalue weighted by Crippen LogP contribution is -2.40. The molecule has 1 aromatic rings. The van der Waals surface area contributed by atoms with Crippen molar-refractivity contribution >= 4 is 11.9 Å². The lowest BCUT2D eigenvalue weighted by Gasteiger charge is -2.15. The molecule has 0 aliphatic carbocycles. The number of carbonyl (C=O) groups excluding carboxylic acids is 1. The van der Waals surface area contributed by atoms with Crippen molar-refractivity contribution < 1.29 is 19.1 Å². The first-order valence-electron chi connectivity index (χ1n) is 7.36. The molecule has 0 unspecified atom stereocenters. The molecule has 0 saturated heterocycles. The number of nitrogens with zero attached hydrogens (tertiary/aromatic N) is 1. The van der Waals surface area contributed by atoms with Crippen molar-refractivity contribution in [3.05, 3.63) is 23.7 Å². The zero-order valence-corrected chi connectivity index (χ0v) is 12.9. The Labute approximate surface area is 125 Å². The van der Waals surface area contributed by atoms with Crippen molar-refractivity contribution in [3.8, 4) is 0 Å². The molecular weight excluding hydrogens is 272 g/mol. The number of hydrogen-bond acceptors (Lipinski definition) is 4. The Morgan fingerprint density at radius 3 is 2.48 bits per heavy atom. The first-order chi connectivity index (χ1) is 10.0. The molecule has 0 fully saturated rings. The quantitative estimate of drug-likeness (QED) is 0.729. The molecule has 6 heteroatoms. The van der Waals surface area contributed by atoms with E-state index in [1.54, 1.807) is 12.1 Å².